The maximum Gasteiger partial charge on any atom is 0.230 e. The summed E-state index contributed by atoms with van der Waals surface area (Å²) >= 11 is 9.17. The highest BCUT2D eigenvalue weighted by molar-refractivity contribution is 9.10. The van der Waals surface area contributed by atoms with E-state index >= 15 is 0 Å². The fraction of sp³-hybridized carbons (Fsp3) is 0. The van der Waals surface area contributed by atoms with E-state index in [0.29, 0.717) is 16.8 Å². The minimum Gasteiger partial charge on any atom is -0.367 e. The second-order valence-electron chi connectivity index (χ2n) is 4.38. The summed E-state index contributed by atoms with van der Waals surface area (Å²) in [6, 6.07) is 12.0. The number of hydrogen-bond acceptors (Lipinski definition) is 3. The number of hydrogen-bond donors (Lipinski definition) is 1. The maximum atomic E-state index is 13.7. The molecular weight excluding hydrogens is 359 g/mol. The normalized spacial score (nSPS) is 10.8. The van der Waals surface area contributed by atoms with Crippen LogP contribution in [-0.4, -0.2) is 5.16 Å². The molecule has 0 spiro atoms. The molecular formula is C15H9BrClFN2O. The predicted molar refractivity (Wildman–Crippen MR) is 84.5 cm³/mol. The molecule has 3 rings (SSSR count). The highest BCUT2D eigenvalue weighted by atomic mass is 79.9. The Labute approximate surface area is 133 Å². The molecule has 0 amide bonds. The van der Waals surface area contributed by atoms with Crippen LogP contribution in [-0.2, 0) is 0 Å². The molecule has 0 atom stereocenters. The van der Waals surface area contributed by atoms with Gasteiger partial charge in [0, 0.05) is 15.6 Å². The number of benzene rings is 2. The van der Waals surface area contributed by atoms with Crippen LogP contribution in [0, 0.1) is 5.82 Å². The summed E-state index contributed by atoms with van der Waals surface area (Å²) in [5.41, 5.74) is 8.33. The van der Waals surface area contributed by atoms with E-state index in [9.17, 15) is 4.39 Å². The van der Waals surface area contributed by atoms with Gasteiger partial charge >= 0.3 is 0 Å². The van der Waals surface area contributed by atoms with Crippen LogP contribution >= 0.6 is 27.5 Å². The predicted octanol–water partition coefficient (Wildman–Crippen LogP) is 5.15. The third-order valence-corrected chi connectivity index (χ3v) is 4.05. The van der Waals surface area contributed by atoms with E-state index in [-0.39, 0.29) is 10.9 Å². The molecule has 0 aliphatic rings. The molecule has 106 valence electrons. The fourth-order valence-corrected chi connectivity index (χ4v) is 2.67. The van der Waals surface area contributed by atoms with Crippen LogP contribution < -0.4 is 5.73 Å². The van der Waals surface area contributed by atoms with Crippen LogP contribution in [0.5, 0.6) is 0 Å². The number of halogens is 3. The van der Waals surface area contributed by atoms with Gasteiger partial charge in [-0.1, -0.05) is 57.0 Å². The van der Waals surface area contributed by atoms with Crippen LogP contribution in [0.3, 0.4) is 0 Å². The lowest BCUT2D eigenvalue weighted by Crippen LogP contribution is -1.89. The van der Waals surface area contributed by atoms with Crippen molar-refractivity contribution in [2.24, 2.45) is 0 Å². The van der Waals surface area contributed by atoms with Crippen LogP contribution in [0.1, 0.15) is 0 Å². The number of aromatic nitrogens is 1. The van der Waals surface area contributed by atoms with Crippen molar-refractivity contribution in [3.63, 3.8) is 0 Å². The molecule has 0 saturated carbocycles. The van der Waals surface area contributed by atoms with Crippen molar-refractivity contribution in [1.29, 1.82) is 0 Å². The monoisotopic (exact) mass is 366 g/mol. The van der Waals surface area contributed by atoms with Crippen molar-refractivity contribution >= 4 is 33.4 Å². The highest BCUT2D eigenvalue weighted by Gasteiger charge is 2.19. The van der Waals surface area contributed by atoms with Gasteiger partial charge in [0.2, 0.25) is 5.88 Å². The molecule has 1 heterocycles. The summed E-state index contributed by atoms with van der Waals surface area (Å²) in [4.78, 5) is 0. The standard InChI is InChI=1S/C15H9BrClFN2O/c16-10-4-2-1-3-9(10)13-14(20-21-15(13)19)8-5-6-11(17)12(18)7-8/h1-7H,19H2. The number of rotatable bonds is 2. The zero-order chi connectivity index (χ0) is 15.0. The first-order valence-electron chi connectivity index (χ1n) is 6.03. The van der Waals surface area contributed by atoms with E-state index in [4.69, 9.17) is 21.9 Å². The molecule has 2 N–H and O–H groups in total. The molecule has 0 radical (unpaired) electrons. The van der Waals surface area contributed by atoms with E-state index < -0.39 is 5.82 Å². The van der Waals surface area contributed by atoms with Gasteiger partial charge in [0.25, 0.3) is 0 Å². The Morgan fingerprint density at radius 3 is 2.67 bits per heavy atom. The number of nitrogen functional groups attached to an aromatic ring is 1. The summed E-state index contributed by atoms with van der Waals surface area (Å²) in [6.45, 7) is 0. The second-order valence-corrected chi connectivity index (χ2v) is 5.64. The van der Waals surface area contributed by atoms with E-state index in [1.54, 1.807) is 6.07 Å². The Morgan fingerprint density at radius 2 is 1.95 bits per heavy atom. The van der Waals surface area contributed by atoms with Crippen LogP contribution in [0.4, 0.5) is 10.3 Å². The van der Waals surface area contributed by atoms with Gasteiger partial charge in [-0.05, 0) is 18.2 Å². The summed E-state index contributed by atoms with van der Waals surface area (Å²) in [7, 11) is 0. The van der Waals surface area contributed by atoms with Crippen molar-refractivity contribution in [1.82, 2.24) is 5.16 Å². The van der Waals surface area contributed by atoms with Crippen LogP contribution in [0.15, 0.2) is 51.5 Å². The van der Waals surface area contributed by atoms with E-state index in [2.05, 4.69) is 21.1 Å². The van der Waals surface area contributed by atoms with Gasteiger partial charge in [-0.2, -0.15) is 0 Å². The smallest absolute Gasteiger partial charge is 0.230 e. The van der Waals surface area contributed by atoms with E-state index in [1.807, 2.05) is 24.3 Å². The number of nitrogens with zero attached hydrogens (tertiary/aromatic N) is 1. The second kappa shape index (κ2) is 5.50. The average molecular weight is 368 g/mol. The first-order valence-corrected chi connectivity index (χ1v) is 7.20. The van der Waals surface area contributed by atoms with Crippen molar-refractivity contribution in [3.05, 3.63) is 57.8 Å². The van der Waals surface area contributed by atoms with Gasteiger partial charge in [-0.15, -0.1) is 0 Å². The first-order chi connectivity index (χ1) is 10.1. The topological polar surface area (TPSA) is 52.0 Å². The lowest BCUT2D eigenvalue weighted by molar-refractivity contribution is 0.439. The van der Waals surface area contributed by atoms with Crippen molar-refractivity contribution in [3.8, 4) is 22.4 Å². The lowest BCUT2D eigenvalue weighted by Gasteiger charge is -2.05. The molecule has 21 heavy (non-hydrogen) atoms. The first kappa shape index (κ1) is 14.1. The minimum atomic E-state index is -0.520. The minimum absolute atomic E-state index is 0.0534. The van der Waals surface area contributed by atoms with Crippen molar-refractivity contribution in [2.45, 2.75) is 0 Å². The SMILES string of the molecule is Nc1onc(-c2ccc(Cl)c(F)c2)c1-c1ccccc1Br. The number of nitrogens with two attached hydrogens (primary N) is 1. The third-order valence-electron chi connectivity index (χ3n) is 3.05. The van der Waals surface area contributed by atoms with Crippen LogP contribution in [0.2, 0.25) is 5.02 Å². The zero-order valence-corrected chi connectivity index (χ0v) is 13.0. The average Bonchev–Trinajstić information content (AvgIpc) is 2.84. The zero-order valence-electron chi connectivity index (χ0n) is 10.6. The molecule has 0 aliphatic carbocycles. The molecule has 1 aromatic heterocycles. The largest absolute Gasteiger partial charge is 0.367 e. The van der Waals surface area contributed by atoms with Crippen molar-refractivity contribution in [2.75, 3.05) is 5.73 Å². The summed E-state index contributed by atoms with van der Waals surface area (Å²) in [5.74, 6) is -0.346. The van der Waals surface area contributed by atoms with Gasteiger partial charge in [0.1, 0.15) is 11.5 Å². The molecule has 0 bridgehead atoms. The summed E-state index contributed by atoms with van der Waals surface area (Å²) < 4.78 is 19.6. The van der Waals surface area contributed by atoms with E-state index in [0.717, 1.165) is 10.0 Å². The fourth-order valence-electron chi connectivity index (χ4n) is 2.07. The lowest BCUT2D eigenvalue weighted by atomic mass is 10.0. The molecule has 0 unspecified atom stereocenters. The van der Waals surface area contributed by atoms with Gasteiger partial charge in [-0.25, -0.2) is 4.39 Å². The Kier molecular flexibility index (Phi) is 3.69. The van der Waals surface area contributed by atoms with Gasteiger partial charge in [0.15, 0.2) is 0 Å². The summed E-state index contributed by atoms with van der Waals surface area (Å²) in [5, 5.41) is 4.00. The van der Waals surface area contributed by atoms with Crippen molar-refractivity contribution < 1.29 is 8.91 Å². The Morgan fingerprint density at radius 1 is 1.19 bits per heavy atom. The molecule has 0 saturated heterocycles. The third kappa shape index (κ3) is 2.54. The Bertz CT molecular complexity index is 819. The molecule has 2 aromatic carbocycles. The molecule has 6 heteroatoms. The number of anilines is 1. The van der Waals surface area contributed by atoms with Crippen LogP contribution in [0.25, 0.3) is 22.4 Å². The van der Waals surface area contributed by atoms with Gasteiger partial charge in [-0.3, -0.25) is 0 Å². The van der Waals surface area contributed by atoms with Gasteiger partial charge in [0.05, 0.1) is 10.6 Å². The maximum absolute atomic E-state index is 13.7. The molecule has 0 fully saturated rings. The van der Waals surface area contributed by atoms with Gasteiger partial charge < -0.3 is 10.3 Å². The highest BCUT2D eigenvalue weighted by Crippen LogP contribution is 2.40. The summed E-state index contributed by atoms with van der Waals surface area (Å²) in [6.07, 6.45) is 0. The Hall–Kier alpha value is -1.85. The quantitative estimate of drug-likeness (QED) is 0.682. The Balaban J connectivity index is 2.22. The van der Waals surface area contributed by atoms with E-state index in [1.165, 1.54) is 12.1 Å². The molecule has 3 nitrogen and oxygen atoms in total. The molecule has 0 aliphatic heterocycles. The molecule has 3 aromatic rings.